The predicted octanol–water partition coefficient (Wildman–Crippen LogP) is 2.64. The van der Waals surface area contributed by atoms with Crippen LogP contribution in [0.3, 0.4) is 0 Å². The summed E-state index contributed by atoms with van der Waals surface area (Å²) in [7, 11) is 0. The molecule has 1 aromatic rings. The zero-order valence-electron chi connectivity index (χ0n) is 7.97. The van der Waals surface area contributed by atoms with Gasteiger partial charge in [-0.05, 0) is 35.3 Å². The van der Waals surface area contributed by atoms with Crippen LogP contribution in [-0.2, 0) is 11.2 Å². The molecule has 76 valence electrons. The van der Waals surface area contributed by atoms with Crippen molar-refractivity contribution >= 4 is 33.2 Å². The molecule has 2 heterocycles. The van der Waals surface area contributed by atoms with E-state index in [0.29, 0.717) is 12.5 Å². The number of rotatable bonds is 2. The Morgan fingerprint density at radius 1 is 1.71 bits per heavy atom. The number of carbonyl (C=O) groups excluding carboxylic acids is 1. The van der Waals surface area contributed by atoms with Crippen LogP contribution in [0.15, 0.2) is 10.5 Å². The Balaban J connectivity index is 2.00. The maximum atomic E-state index is 11.0. The number of aryl methyl sites for hydroxylation is 1. The van der Waals surface area contributed by atoms with Crippen molar-refractivity contribution in [3.05, 3.63) is 20.3 Å². The zero-order valence-corrected chi connectivity index (χ0v) is 10.4. The second-order valence-electron chi connectivity index (χ2n) is 3.62. The summed E-state index contributed by atoms with van der Waals surface area (Å²) in [4.78, 5) is 13.7. The van der Waals surface area contributed by atoms with Gasteiger partial charge in [-0.2, -0.15) is 0 Å². The second-order valence-corrected chi connectivity index (χ2v) is 5.82. The van der Waals surface area contributed by atoms with Crippen molar-refractivity contribution in [2.45, 2.75) is 32.2 Å². The van der Waals surface area contributed by atoms with Crippen LogP contribution in [0.2, 0.25) is 0 Å². The SMILES string of the molecule is Cc1sc(CC2CCC(=O)N2)cc1Br. The summed E-state index contributed by atoms with van der Waals surface area (Å²) in [5.74, 6) is 0.197. The molecule has 0 radical (unpaired) electrons. The number of halogens is 1. The summed E-state index contributed by atoms with van der Waals surface area (Å²) >= 11 is 5.30. The molecule has 4 heteroatoms. The van der Waals surface area contributed by atoms with E-state index in [-0.39, 0.29) is 5.91 Å². The Kier molecular flexibility index (Phi) is 2.93. The van der Waals surface area contributed by atoms with Gasteiger partial charge < -0.3 is 5.32 Å². The minimum absolute atomic E-state index is 0.197. The van der Waals surface area contributed by atoms with Crippen molar-refractivity contribution in [1.29, 1.82) is 0 Å². The first-order chi connectivity index (χ1) is 6.65. The van der Waals surface area contributed by atoms with Gasteiger partial charge in [0.25, 0.3) is 0 Å². The molecule has 2 nitrogen and oxygen atoms in total. The molecule has 1 aliphatic heterocycles. The van der Waals surface area contributed by atoms with Crippen LogP contribution in [0.1, 0.15) is 22.6 Å². The van der Waals surface area contributed by atoms with E-state index in [4.69, 9.17) is 0 Å². The third kappa shape index (κ3) is 2.17. The molecule has 1 fully saturated rings. The molecule has 1 saturated heterocycles. The second kappa shape index (κ2) is 4.03. The Morgan fingerprint density at radius 3 is 3.00 bits per heavy atom. The molecule has 0 aromatic carbocycles. The molecule has 1 aliphatic rings. The van der Waals surface area contributed by atoms with E-state index in [1.54, 1.807) is 11.3 Å². The Bertz CT molecular complexity index is 342. The number of hydrogen-bond acceptors (Lipinski definition) is 2. The summed E-state index contributed by atoms with van der Waals surface area (Å²) < 4.78 is 1.18. The van der Waals surface area contributed by atoms with E-state index in [1.165, 1.54) is 14.2 Å². The van der Waals surface area contributed by atoms with Crippen molar-refractivity contribution in [1.82, 2.24) is 5.32 Å². The van der Waals surface area contributed by atoms with E-state index in [9.17, 15) is 4.79 Å². The number of nitrogens with one attached hydrogen (secondary N) is 1. The largest absolute Gasteiger partial charge is 0.353 e. The monoisotopic (exact) mass is 273 g/mol. The van der Waals surface area contributed by atoms with E-state index in [1.807, 2.05) is 0 Å². The lowest BCUT2D eigenvalue weighted by atomic mass is 10.1. The minimum Gasteiger partial charge on any atom is -0.353 e. The van der Waals surface area contributed by atoms with Crippen molar-refractivity contribution in [3.8, 4) is 0 Å². The van der Waals surface area contributed by atoms with Crippen molar-refractivity contribution in [2.75, 3.05) is 0 Å². The molecule has 14 heavy (non-hydrogen) atoms. The van der Waals surface area contributed by atoms with Crippen LogP contribution < -0.4 is 5.32 Å². The van der Waals surface area contributed by atoms with Crippen molar-refractivity contribution in [3.63, 3.8) is 0 Å². The van der Waals surface area contributed by atoms with Crippen LogP contribution in [0.4, 0.5) is 0 Å². The normalized spacial score (nSPS) is 21.3. The van der Waals surface area contributed by atoms with Gasteiger partial charge in [0.1, 0.15) is 0 Å². The first kappa shape index (κ1) is 10.2. The fraction of sp³-hybridized carbons (Fsp3) is 0.500. The van der Waals surface area contributed by atoms with E-state index in [2.05, 4.69) is 34.2 Å². The maximum absolute atomic E-state index is 11.0. The van der Waals surface area contributed by atoms with Gasteiger partial charge in [-0.1, -0.05) is 0 Å². The Morgan fingerprint density at radius 2 is 2.50 bits per heavy atom. The van der Waals surface area contributed by atoms with Crippen LogP contribution in [0, 0.1) is 6.92 Å². The molecule has 0 spiro atoms. The van der Waals surface area contributed by atoms with Crippen molar-refractivity contribution < 1.29 is 4.79 Å². The van der Waals surface area contributed by atoms with Crippen molar-refractivity contribution in [2.24, 2.45) is 0 Å². The highest BCUT2D eigenvalue weighted by atomic mass is 79.9. The molecule has 2 rings (SSSR count). The first-order valence-corrected chi connectivity index (χ1v) is 6.30. The van der Waals surface area contributed by atoms with E-state index in [0.717, 1.165) is 12.8 Å². The molecule has 1 unspecified atom stereocenters. The third-order valence-electron chi connectivity index (χ3n) is 2.44. The lowest BCUT2D eigenvalue weighted by Crippen LogP contribution is -2.26. The molecular weight excluding hydrogens is 262 g/mol. The highest BCUT2D eigenvalue weighted by Gasteiger charge is 2.21. The van der Waals surface area contributed by atoms with Gasteiger partial charge in [0.2, 0.25) is 5.91 Å². The first-order valence-electron chi connectivity index (χ1n) is 4.69. The van der Waals surface area contributed by atoms with Gasteiger partial charge in [-0.15, -0.1) is 11.3 Å². The quantitative estimate of drug-likeness (QED) is 0.882. The fourth-order valence-corrected chi connectivity index (χ4v) is 3.37. The van der Waals surface area contributed by atoms with E-state index >= 15 is 0 Å². The summed E-state index contributed by atoms with van der Waals surface area (Å²) in [6.45, 7) is 2.10. The Hall–Kier alpha value is -0.350. The van der Waals surface area contributed by atoms with Gasteiger partial charge >= 0.3 is 0 Å². The summed E-state index contributed by atoms with van der Waals surface area (Å²) in [6.07, 6.45) is 2.65. The molecule has 1 N–H and O–H groups in total. The molecule has 1 aromatic heterocycles. The fourth-order valence-electron chi connectivity index (χ4n) is 1.69. The lowest BCUT2D eigenvalue weighted by Gasteiger charge is -2.06. The highest BCUT2D eigenvalue weighted by Crippen LogP contribution is 2.28. The topological polar surface area (TPSA) is 29.1 Å². The number of hydrogen-bond donors (Lipinski definition) is 1. The predicted molar refractivity (Wildman–Crippen MR) is 61.6 cm³/mol. The zero-order chi connectivity index (χ0) is 10.1. The van der Waals surface area contributed by atoms with Gasteiger partial charge in [0.05, 0.1) is 0 Å². The molecule has 0 saturated carbocycles. The maximum Gasteiger partial charge on any atom is 0.220 e. The lowest BCUT2D eigenvalue weighted by molar-refractivity contribution is -0.119. The van der Waals surface area contributed by atoms with Crippen LogP contribution in [-0.4, -0.2) is 11.9 Å². The van der Waals surface area contributed by atoms with Crippen LogP contribution in [0.5, 0.6) is 0 Å². The van der Waals surface area contributed by atoms with Crippen LogP contribution in [0.25, 0.3) is 0 Å². The third-order valence-corrected chi connectivity index (χ3v) is 4.60. The number of carbonyl (C=O) groups is 1. The summed E-state index contributed by atoms with van der Waals surface area (Å²) in [5.41, 5.74) is 0. The van der Waals surface area contributed by atoms with Gasteiger partial charge in [-0.25, -0.2) is 0 Å². The average Bonchev–Trinajstić information content (AvgIpc) is 2.62. The molecule has 1 amide bonds. The minimum atomic E-state index is 0.197. The standard InChI is InChI=1S/C10H12BrNOS/c1-6-9(11)5-8(14-6)4-7-2-3-10(13)12-7/h5,7H,2-4H2,1H3,(H,12,13). The molecular formula is C10H12BrNOS. The molecule has 0 bridgehead atoms. The van der Waals surface area contributed by atoms with Gasteiger partial charge in [0, 0.05) is 33.1 Å². The Labute approximate surface area is 95.8 Å². The van der Waals surface area contributed by atoms with Gasteiger partial charge in [0.15, 0.2) is 0 Å². The molecule has 1 atom stereocenters. The highest BCUT2D eigenvalue weighted by molar-refractivity contribution is 9.10. The average molecular weight is 274 g/mol. The summed E-state index contributed by atoms with van der Waals surface area (Å²) in [5, 5.41) is 2.98. The molecule has 0 aliphatic carbocycles. The van der Waals surface area contributed by atoms with Crippen LogP contribution >= 0.6 is 27.3 Å². The summed E-state index contributed by atoms with van der Waals surface area (Å²) in [6, 6.07) is 2.51. The number of amides is 1. The van der Waals surface area contributed by atoms with E-state index < -0.39 is 0 Å². The number of thiophene rings is 1. The van der Waals surface area contributed by atoms with Gasteiger partial charge in [-0.3, -0.25) is 4.79 Å². The smallest absolute Gasteiger partial charge is 0.220 e.